The van der Waals surface area contributed by atoms with E-state index in [1.807, 2.05) is 18.2 Å². The van der Waals surface area contributed by atoms with E-state index in [1.165, 1.54) is 11.1 Å². The largest absolute Gasteiger partial charge is 0.379 e. The normalized spacial score (nSPS) is 18.2. The molecule has 0 aliphatic carbocycles. The molecule has 7 nitrogen and oxygen atoms in total. The molecule has 2 aromatic carbocycles. The van der Waals surface area contributed by atoms with Crippen LogP contribution in [0.15, 0.2) is 42.5 Å². The number of nitrogens with zero attached hydrogens (tertiary/aromatic N) is 1. The second kappa shape index (κ2) is 11.5. The monoisotopic (exact) mass is 468 g/mol. The molecule has 2 aliphatic heterocycles. The molecule has 2 aliphatic rings. The van der Waals surface area contributed by atoms with Crippen molar-refractivity contribution in [2.75, 3.05) is 55.8 Å². The maximum Gasteiger partial charge on any atom is 0.251 e. The second-order valence-electron chi connectivity index (χ2n) is 8.45. The minimum atomic E-state index is -0.300. The molecule has 2 aromatic rings. The fourth-order valence-electron chi connectivity index (χ4n) is 4.00. The van der Waals surface area contributed by atoms with Crippen LogP contribution in [-0.2, 0) is 15.3 Å². The summed E-state index contributed by atoms with van der Waals surface area (Å²) >= 11 is 1.74. The van der Waals surface area contributed by atoms with Crippen molar-refractivity contribution in [3.05, 3.63) is 59.2 Å². The van der Waals surface area contributed by atoms with Crippen molar-refractivity contribution < 1.29 is 14.3 Å². The van der Waals surface area contributed by atoms with E-state index in [0.717, 1.165) is 50.7 Å². The number of carbonyl (C=O) groups excluding carboxylic acids is 2. The van der Waals surface area contributed by atoms with Gasteiger partial charge in [-0.15, -0.1) is 0 Å². The summed E-state index contributed by atoms with van der Waals surface area (Å²) in [5.41, 5.74) is 4.61. The van der Waals surface area contributed by atoms with E-state index in [2.05, 4.69) is 39.9 Å². The summed E-state index contributed by atoms with van der Waals surface area (Å²) in [5, 5.41) is 9.26. The number of carbonyl (C=O) groups is 2. The maximum absolute atomic E-state index is 12.6. The lowest BCUT2D eigenvalue weighted by Crippen LogP contribution is -2.40. The summed E-state index contributed by atoms with van der Waals surface area (Å²) in [5.74, 6) is 1.36. The van der Waals surface area contributed by atoms with Gasteiger partial charge in [0.05, 0.1) is 24.6 Å². The number of fused-ring (bicyclic) bond motifs is 1. The van der Waals surface area contributed by atoms with Crippen molar-refractivity contribution in [2.45, 2.75) is 25.1 Å². The van der Waals surface area contributed by atoms with Gasteiger partial charge < -0.3 is 20.7 Å². The molecule has 1 saturated heterocycles. The zero-order chi connectivity index (χ0) is 23.0. The summed E-state index contributed by atoms with van der Waals surface area (Å²) in [7, 11) is 0. The number of anilines is 2. The van der Waals surface area contributed by atoms with Gasteiger partial charge in [-0.3, -0.25) is 14.5 Å². The lowest BCUT2D eigenvalue weighted by atomic mass is 10.1. The van der Waals surface area contributed by atoms with Crippen molar-refractivity contribution in [1.29, 1.82) is 0 Å². The van der Waals surface area contributed by atoms with Crippen molar-refractivity contribution >= 4 is 35.0 Å². The van der Waals surface area contributed by atoms with Gasteiger partial charge in [-0.25, -0.2) is 0 Å². The SMILES string of the molecule is Cc1ccccc1CSCC1Nc2ccc(C(=O)NCCCN3CCOCC3)cc2NC1=O. The van der Waals surface area contributed by atoms with Crippen LogP contribution < -0.4 is 16.0 Å². The Balaban J connectivity index is 1.24. The van der Waals surface area contributed by atoms with Crippen molar-refractivity contribution in [1.82, 2.24) is 10.2 Å². The first kappa shape index (κ1) is 23.6. The Bertz CT molecular complexity index is 978. The van der Waals surface area contributed by atoms with Crippen LogP contribution in [0.25, 0.3) is 0 Å². The van der Waals surface area contributed by atoms with Gasteiger partial charge in [0.25, 0.3) is 5.91 Å². The smallest absolute Gasteiger partial charge is 0.251 e. The molecule has 0 bridgehead atoms. The number of nitrogens with one attached hydrogen (secondary N) is 3. The van der Waals surface area contributed by atoms with E-state index in [0.29, 0.717) is 23.5 Å². The van der Waals surface area contributed by atoms with Crippen LogP contribution in [0.1, 0.15) is 27.9 Å². The average molecular weight is 469 g/mol. The second-order valence-corrected chi connectivity index (χ2v) is 9.48. The fraction of sp³-hybridized carbons (Fsp3) is 0.440. The summed E-state index contributed by atoms with van der Waals surface area (Å²) in [6.45, 7) is 7.17. The predicted octanol–water partition coefficient (Wildman–Crippen LogP) is 3.11. The molecular weight excluding hydrogens is 436 g/mol. The van der Waals surface area contributed by atoms with Crippen molar-refractivity contribution in [2.24, 2.45) is 0 Å². The van der Waals surface area contributed by atoms with Crippen LogP contribution in [0.2, 0.25) is 0 Å². The van der Waals surface area contributed by atoms with Gasteiger partial charge in [-0.05, 0) is 49.2 Å². The van der Waals surface area contributed by atoms with Crippen LogP contribution in [-0.4, -0.2) is 67.9 Å². The van der Waals surface area contributed by atoms with Crippen LogP contribution in [0, 0.1) is 6.92 Å². The highest BCUT2D eigenvalue weighted by molar-refractivity contribution is 7.98. The number of ether oxygens (including phenoxy) is 1. The average Bonchev–Trinajstić information content (AvgIpc) is 2.83. The van der Waals surface area contributed by atoms with Crippen molar-refractivity contribution in [3.8, 4) is 0 Å². The summed E-state index contributed by atoms with van der Waals surface area (Å²) < 4.78 is 5.36. The van der Waals surface area contributed by atoms with Gasteiger partial charge in [0.1, 0.15) is 6.04 Å². The van der Waals surface area contributed by atoms with Crippen LogP contribution >= 0.6 is 11.8 Å². The molecule has 2 amide bonds. The molecule has 4 rings (SSSR count). The predicted molar refractivity (Wildman–Crippen MR) is 134 cm³/mol. The Kier molecular flexibility index (Phi) is 8.25. The third kappa shape index (κ3) is 6.50. The third-order valence-electron chi connectivity index (χ3n) is 6.03. The number of amides is 2. The molecule has 176 valence electrons. The zero-order valence-electron chi connectivity index (χ0n) is 19.1. The zero-order valence-corrected chi connectivity index (χ0v) is 19.9. The molecular formula is C25H32N4O3S. The Morgan fingerprint density at radius 2 is 2.00 bits per heavy atom. The Hall–Kier alpha value is -2.55. The first-order valence-electron chi connectivity index (χ1n) is 11.5. The number of hydrogen-bond acceptors (Lipinski definition) is 6. The standard InChI is InChI=1S/C25H32N4O3S/c1-18-5-2-3-6-20(18)16-33-17-23-25(31)28-22-15-19(7-8-21(22)27-23)24(30)26-9-4-10-29-11-13-32-14-12-29/h2-3,5-8,15,23,27H,4,9-14,16-17H2,1H3,(H,26,30)(H,28,31). The van der Waals surface area contributed by atoms with E-state index in [-0.39, 0.29) is 17.9 Å². The molecule has 3 N–H and O–H groups in total. The molecule has 8 heteroatoms. The van der Waals surface area contributed by atoms with Gasteiger partial charge >= 0.3 is 0 Å². The van der Waals surface area contributed by atoms with E-state index in [9.17, 15) is 9.59 Å². The maximum atomic E-state index is 12.6. The molecule has 1 fully saturated rings. The molecule has 0 saturated carbocycles. The number of benzene rings is 2. The highest BCUT2D eigenvalue weighted by Gasteiger charge is 2.26. The summed E-state index contributed by atoms with van der Waals surface area (Å²) in [6.07, 6.45) is 0.900. The first-order chi connectivity index (χ1) is 16.1. The topological polar surface area (TPSA) is 82.7 Å². The minimum absolute atomic E-state index is 0.0668. The highest BCUT2D eigenvalue weighted by Crippen LogP contribution is 2.29. The third-order valence-corrected chi connectivity index (χ3v) is 7.11. The number of aryl methyl sites for hydroxylation is 1. The quantitative estimate of drug-likeness (QED) is 0.491. The van der Waals surface area contributed by atoms with Gasteiger partial charge in [0, 0.05) is 36.7 Å². The van der Waals surface area contributed by atoms with E-state index >= 15 is 0 Å². The number of morpholine rings is 1. The summed E-state index contributed by atoms with van der Waals surface area (Å²) in [4.78, 5) is 27.5. The van der Waals surface area contributed by atoms with E-state index < -0.39 is 0 Å². The summed E-state index contributed by atoms with van der Waals surface area (Å²) in [6, 6.07) is 13.4. The van der Waals surface area contributed by atoms with Gasteiger partial charge in [-0.1, -0.05) is 24.3 Å². The highest BCUT2D eigenvalue weighted by atomic mass is 32.2. The molecule has 2 heterocycles. The first-order valence-corrected chi connectivity index (χ1v) is 12.7. The van der Waals surface area contributed by atoms with Gasteiger partial charge in [-0.2, -0.15) is 11.8 Å². The Labute approximate surface area is 199 Å². The number of hydrogen-bond donors (Lipinski definition) is 3. The van der Waals surface area contributed by atoms with Crippen molar-refractivity contribution in [3.63, 3.8) is 0 Å². The Morgan fingerprint density at radius 1 is 1.18 bits per heavy atom. The minimum Gasteiger partial charge on any atom is -0.379 e. The Morgan fingerprint density at radius 3 is 2.82 bits per heavy atom. The lowest BCUT2D eigenvalue weighted by molar-refractivity contribution is -0.116. The van der Waals surface area contributed by atoms with E-state index in [4.69, 9.17) is 4.74 Å². The molecule has 1 atom stereocenters. The van der Waals surface area contributed by atoms with Crippen LogP contribution in [0.4, 0.5) is 11.4 Å². The molecule has 0 aromatic heterocycles. The molecule has 0 spiro atoms. The molecule has 1 unspecified atom stereocenters. The van der Waals surface area contributed by atoms with Gasteiger partial charge in [0.15, 0.2) is 0 Å². The fourth-order valence-corrected chi connectivity index (χ4v) is 5.13. The van der Waals surface area contributed by atoms with Crippen LogP contribution in [0.3, 0.4) is 0 Å². The van der Waals surface area contributed by atoms with Gasteiger partial charge in [0.2, 0.25) is 5.91 Å². The number of thioether (sulfide) groups is 1. The van der Waals surface area contributed by atoms with Crippen LogP contribution in [0.5, 0.6) is 0 Å². The molecule has 33 heavy (non-hydrogen) atoms. The lowest BCUT2D eigenvalue weighted by Gasteiger charge is -2.27. The molecule has 0 radical (unpaired) electrons. The number of rotatable bonds is 9. The van der Waals surface area contributed by atoms with E-state index in [1.54, 1.807) is 23.9 Å².